The highest BCUT2D eigenvalue weighted by Crippen LogP contribution is 2.20. The number of amidine groups is 1. The van der Waals surface area contributed by atoms with Gasteiger partial charge in [-0.3, -0.25) is 0 Å². The van der Waals surface area contributed by atoms with Crippen LogP contribution in [0.25, 0.3) is 5.69 Å². The first-order valence-electron chi connectivity index (χ1n) is 4.60. The van der Waals surface area contributed by atoms with Crippen LogP contribution in [0.5, 0.6) is 0 Å². The summed E-state index contributed by atoms with van der Waals surface area (Å²) in [5.74, 6) is 0.0480. The smallest absolute Gasteiger partial charge is 0.172 e. The lowest BCUT2D eigenvalue weighted by Gasteiger charge is -2.08. The third-order valence-corrected chi connectivity index (χ3v) is 3.19. The molecule has 0 spiro atoms. The zero-order chi connectivity index (χ0) is 12.4. The lowest BCUT2D eigenvalue weighted by atomic mass is 10.1. The van der Waals surface area contributed by atoms with Crippen molar-refractivity contribution in [3.63, 3.8) is 0 Å². The second-order valence-electron chi connectivity index (χ2n) is 3.25. The Bertz CT molecular complexity index is 581. The fraction of sp³-hybridized carbons (Fsp3) is 0. The molecule has 0 fully saturated rings. The normalized spacial score (nSPS) is 11.8. The van der Waals surface area contributed by atoms with E-state index in [9.17, 15) is 0 Å². The minimum atomic E-state index is 0.0480. The number of rotatable bonds is 2. The molecule has 2 rings (SSSR count). The third-order valence-electron chi connectivity index (χ3n) is 2.14. The van der Waals surface area contributed by atoms with E-state index >= 15 is 0 Å². The molecule has 1 aromatic carbocycles. The van der Waals surface area contributed by atoms with Crippen LogP contribution in [-0.2, 0) is 0 Å². The summed E-state index contributed by atoms with van der Waals surface area (Å²) < 4.78 is 3.54. The maximum Gasteiger partial charge on any atom is 0.172 e. The van der Waals surface area contributed by atoms with Gasteiger partial charge in [0.15, 0.2) is 5.84 Å². The number of aromatic nitrogens is 2. The van der Waals surface area contributed by atoms with Crippen LogP contribution in [-0.4, -0.2) is 20.8 Å². The van der Waals surface area contributed by atoms with Crippen LogP contribution in [0.1, 0.15) is 5.56 Å². The lowest BCUT2D eigenvalue weighted by molar-refractivity contribution is 0.318. The van der Waals surface area contributed by atoms with Crippen LogP contribution in [0.3, 0.4) is 0 Å². The molecule has 0 amide bonds. The minimum absolute atomic E-state index is 0.0480. The summed E-state index contributed by atoms with van der Waals surface area (Å²) in [5, 5.41) is 16.0. The van der Waals surface area contributed by atoms with Gasteiger partial charge in [-0.1, -0.05) is 21.1 Å². The van der Waals surface area contributed by atoms with Gasteiger partial charge in [0.05, 0.1) is 15.5 Å². The van der Waals surface area contributed by atoms with Crippen LogP contribution in [0.4, 0.5) is 0 Å². The van der Waals surface area contributed by atoms with Crippen molar-refractivity contribution in [1.82, 2.24) is 9.78 Å². The van der Waals surface area contributed by atoms with Gasteiger partial charge in [-0.2, -0.15) is 5.10 Å². The van der Waals surface area contributed by atoms with E-state index in [2.05, 4.69) is 48.8 Å². The van der Waals surface area contributed by atoms with E-state index in [4.69, 9.17) is 10.9 Å². The van der Waals surface area contributed by atoms with Gasteiger partial charge in [0, 0.05) is 16.2 Å². The van der Waals surface area contributed by atoms with Gasteiger partial charge in [-0.15, -0.1) is 0 Å². The number of oxime groups is 1. The van der Waals surface area contributed by atoms with Gasteiger partial charge in [0.2, 0.25) is 0 Å². The fourth-order valence-corrected chi connectivity index (χ4v) is 2.15. The largest absolute Gasteiger partial charge is 0.409 e. The Morgan fingerprint density at radius 2 is 2.29 bits per heavy atom. The fourth-order valence-electron chi connectivity index (χ4n) is 1.40. The predicted molar refractivity (Wildman–Crippen MR) is 76.5 cm³/mol. The summed E-state index contributed by atoms with van der Waals surface area (Å²) in [5.41, 5.74) is 7.01. The first-order valence-corrected chi connectivity index (χ1v) is 6.47. The van der Waals surface area contributed by atoms with Crippen molar-refractivity contribution in [2.75, 3.05) is 0 Å². The molecule has 0 saturated carbocycles. The number of nitrogens with zero attached hydrogens (tertiary/aromatic N) is 3. The Morgan fingerprint density at radius 1 is 1.53 bits per heavy atom. The number of benzene rings is 1. The second kappa shape index (κ2) is 5.05. The molecule has 17 heavy (non-hydrogen) atoms. The molecule has 0 saturated heterocycles. The molecule has 7 heteroatoms. The van der Waals surface area contributed by atoms with Gasteiger partial charge in [0.1, 0.15) is 0 Å². The quantitative estimate of drug-likeness (QED) is 0.264. The lowest BCUT2D eigenvalue weighted by Crippen LogP contribution is -2.16. The minimum Gasteiger partial charge on any atom is -0.409 e. The van der Waals surface area contributed by atoms with Crippen molar-refractivity contribution in [3.8, 4) is 5.69 Å². The standard InChI is InChI=1S/C10H8BrIN4O/c11-6-1-2-9(8(3-6)10(13)15-17)16-5-7(12)4-14-16/h1-5,17H,(H2,13,15). The molecule has 0 aliphatic rings. The monoisotopic (exact) mass is 406 g/mol. The molecule has 3 N–H and O–H groups in total. The molecular weight excluding hydrogens is 399 g/mol. The number of nitrogens with two attached hydrogens (primary N) is 1. The average Bonchev–Trinajstić information content (AvgIpc) is 2.74. The predicted octanol–water partition coefficient (Wildman–Crippen LogP) is 2.33. The molecule has 1 aromatic heterocycles. The summed E-state index contributed by atoms with van der Waals surface area (Å²) in [6.45, 7) is 0. The third kappa shape index (κ3) is 2.60. The molecule has 0 unspecified atom stereocenters. The molecule has 0 aliphatic heterocycles. The van der Waals surface area contributed by atoms with E-state index in [1.165, 1.54) is 0 Å². The molecule has 88 valence electrons. The van der Waals surface area contributed by atoms with Crippen molar-refractivity contribution in [3.05, 3.63) is 44.2 Å². The van der Waals surface area contributed by atoms with Crippen LogP contribution >= 0.6 is 38.5 Å². The molecule has 0 bridgehead atoms. The van der Waals surface area contributed by atoms with Crippen LogP contribution < -0.4 is 5.73 Å². The second-order valence-corrected chi connectivity index (χ2v) is 5.41. The zero-order valence-electron chi connectivity index (χ0n) is 8.51. The van der Waals surface area contributed by atoms with Gasteiger partial charge in [-0.05, 0) is 40.8 Å². The summed E-state index contributed by atoms with van der Waals surface area (Å²) in [7, 11) is 0. The number of hydrogen-bond donors (Lipinski definition) is 2. The zero-order valence-corrected chi connectivity index (χ0v) is 12.3. The van der Waals surface area contributed by atoms with Crippen molar-refractivity contribution in [1.29, 1.82) is 0 Å². The maximum absolute atomic E-state index is 8.77. The van der Waals surface area contributed by atoms with E-state index in [0.717, 1.165) is 13.7 Å². The first-order chi connectivity index (χ1) is 8.11. The highest BCUT2D eigenvalue weighted by atomic mass is 127. The van der Waals surface area contributed by atoms with Gasteiger partial charge < -0.3 is 10.9 Å². The summed E-state index contributed by atoms with van der Waals surface area (Å²) >= 11 is 5.52. The van der Waals surface area contributed by atoms with Crippen molar-refractivity contribution < 1.29 is 5.21 Å². The van der Waals surface area contributed by atoms with Crippen LogP contribution in [0, 0.1) is 3.57 Å². The van der Waals surface area contributed by atoms with Crippen LogP contribution in [0.2, 0.25) is 0 Å². The molecule has 0 radical (unpaired) electrons. The van der Waals surface area contributed by atoms with E-state index in [0.29, 0.717) is 5.56 Å². The molecule has 2 aromatic rings. The van der Waals surface area contributed by atoms with E-state index in [1.54, 1.807) is 16.9 Å². The van der Waals surface area contributed by atoms with E-state index in [1.807, 2.05) is 18.3 Å². The van der Waals surface area contributed by atoms with Gasteiger partial charge in [0.25, 0.3) is 0 Å². The topological polar surface area (TPSA) is 76.4 Å². The summed E-state index contributed by atoms with van der Waals surface area (Å²) in [6, 6.07) is 5.50. The molecular formula is C10H8BrIN4O. The Hall–Kier alpha value is -1.09. The highest BCUT2D eigenvalue weighted by molar-refractivity contribution is 14.1. The van der Waals surface area contributed by atoms with Crippen LogP contribution in [0.15, 0.2) is 40.2 Å². The number of halogens is 2. The Labute approximate surface area is 120 Å². The molecule has 5 nitrogen and oxygen atoms in total. The molecule has 0 atom stereocenters. The van der Waals surface area contributed by atoms with Gasteiger partial charge in [-0.25, -0.2) is 4.68 Å². The first kappa shape index (κ1) is 12.4. The Kier molecular flexibility index (Phi) is 3.67. The van der Waals surface area contributed by atoms with Crippen molar-refractivity contribution >= 4 is 44.4 Å². The Balaban J connectivity index is 2.61. The van der Waals surface area contributed by atoms with Gasteiger partial charge >= 0.3 is 0 Å². The highest BCUT2D eigenvalue weighted by Gasteiger charge is 2.10. The number of hydrogen-bond acceptors (Lipinski definition) is 3. The average molecular weight is 407 g/mol. The van der Waals surface area contributed by atoms with Crippen molar-refractivity contribution in [2.45, 2.75) is 0 Å². The SMILES string of the molecule is N/C(=N/O)c1cc(Br)ccc1-n1cc(I)cn1. The van der Waals surface area contributed by atoms with E-state index < -0.39 is 0 Å². The summed E-state index contributed by atoms with van der Waals surface area (Å²) in [4.78, 5) is 0. The molecule has 1 heterocycles. The molecule has 0 aliphatic carbocycles. The summed E-state index contributed by atoms with van der Waals surface area (Å²) in [6.07, 6.45) is 3.59. The maximum atomic E-state index is 8.77. The van der Waals surface area contributed by atoms with E-state index in [-0.39, 0.29) is 5.84 Å². The van der Waals surface area contributed by atoms with Crippen molar-refractivity contribution in [2.24, 2.45) is 10.9 Å². The Morgan fingerprint density at radius 3 is 2.88 bits per heavy atom.